The molecule has 0 aliphatic heterocycles. The maximum Gasteiger partial charge on any atom is 0.191 e. The van der Waals surface area contributed by atoms with E-state index >= 15 is 0 Å². The summed E-state index contributed by atoms with van der Waals surface area (Å²) in [4.78, 5) is 30.4. The largest absolute Gasteiger partial charge is 0.299 e. The molecule has 1 aromatic heterocycles. The van der Waals surface area contributed by atoms with Crippen molar-refractivity contribution in [3.05, 3.63) is 46.4 Å². The predicted molar refractivity (Wildman–Crippen MR) is 108 cm³/mol. The molecule has 1 aromatic carbocycles. The summed E-state index contributed by atoms with van der Waals surface area (Å²) in [6, 6.07) is 8.36. The number of nitrogens with zero attached hydrogens (tertiary/aromatic N) is 1. The second kappa shape index (κ2) is 9.47. The second-order valence-electron chi connectivity index (χ2n) is 6.94. The molecule has 1 saturated carbocycles. The number of hydrogen-bond acceptors (Lipinski definition) is 5. The fourth-order valence-corrected chi connectivity index (χ4v) is 4.76. The first kappa shape index (κ1) is 19.3. The Kier molecular flexibility index (Phi) is 7.03. The molecule has 26 heavy (non-hydrogen) atoms. The number of rotatable bonds is 9. The van der Waals surface area contributed by atoms with E-state index in [1.165, 1.54) is 41.9 Å². The standard InChI is InChI=1S/C21H25NO2S2/c1-25-17-8-6-16(7-9-17)18(14-15-4-2-3-5-15)19(23)10-11-20(24)21-22-12-13-26-21/h6-9,12-13,15,18H,2-5,10-11,14H2,1H3. The van der Waals surface area contributed by atoms with E-state index in [1.807, 2.05) is 0 Å². The molecule has 3 nitrogen and oxygen atoms in total. The first-order chi connectivity index (χ1) is 12.7. The van der Waals surface area contributed by atoms with Crippen LogP contribution in [0.25, 0.3) is 0 Å². The Labute approximate surface area is 163 Å². The quantitative estimate of drug-likeness (QED) is 0.405. The van der Waals surface area contributed by atoms with Crippen LogP contribution in [0.15, 0.2) is 40.7 Å². The Balaban J connectivity index is 1.68. The van der Waals surface area contributed by atoms with Gasteiger partial charge in [-0.3, -0.25) is 9.59 Å². The number of benzene rings is 1. The van der Waals surface area contributed by atoms with E-state index in [2.05, 4.69) is 35.5 Å². The predicted octanol–water partition coefficient (Wildman–Crippen LogP) is 5.76. The van der Waals surface area contributed by atoms with Crippen LogP contribution in [0.1, 0.15) is 66.2 Å². The molecule has 1 atom stereocenters. The van der Waals surface area contributed by atoms with Crippen LogP contribution in [0, 0.1) is 5.92 Å². The molecule has 1 aliphatic carbocycles. The van der Waals surface area contributed by atoms with Crippen LogP contribution in [0.3, 0.4) is 0 Å². The van der Waals surface area contributed by atoms with Gasteiger partial charge in [-0.05, 0) is 36.3 Å². The smallest absolute Gasteiger partial charge is 0.191 e. The van der Waals surface area contributed by atoms with Crippen molar-refractivity contribution in [3.8, 4) is 0 Å². The molecule has 1 fully saturated rings. The molecule has 0 bridgehead atoms. The highest BCUT2D eigenvalue weighted by Crippen LogP contribution is 2.36. The Morgan fingerprint density at radius 1 is 1.19 bits per heavy atom. The van der Waals surface area contributed by atoms with Gasteiger partial charge in [0.25, 0.3) is 0 Å². The maximum absolute atomic E-state index is 13.0. The van der Waals surface area contributed by atoms with Gasteiger partial charge in [0, 0.05) is 35.2 Å². The normalized spacial score (nSPS) is 15.9. The Bertz CT molecular complexity index is 719. The van der Waals surface area contributed by atoms with Gasteiger partial charge in [0.05, 0.1) is 0 Å². The number of ketones is 2. The third-order valence-corrected chi connectivity index (χ3v) is 6.78. The van der Waals surface area contributed by atoms with Crippen molar-refractivity contribution in [2.24, 2.45) is 5.92 Å². The average Bonchev–Trinajstić information content (AvgIpc) is 3.38. The van der Waals surface area contributed by atoms with Crippen molar-refractivity contribution in [1.29, 1.82) is 0 Å². The zero-order valence-electron chi connectivity index (χ0n) is 15.1. The third kappa shape index (κ3) is 5.04. The lowest BCUT2D eigenvalue weighted by atomic mass is 9.83. The van der Waals surface area contributed by atoms with Crippen LogP contribution in [0.5, 0.6) is 0 Å². The molecular weight excluding hydrogens is 362 g/mol. The summed E-state index contributed by atoms with van der Waals surface area (Å²) in [7, 11) is 0. The molecule has 1 heterocycles. The minimum atomic E-state index is -0.0851. The van der Waals surface area contributed by atoms with Gasteiger partial charge in [0.1, 0.15) is 5.78 Å². The van der Waals surface area contributed by atoms with Crippen molar-refractivity contribution in [1.82, 2.24) is 4.98 Å². The molecular formula is C21H25NO2S2. The first-order valence-electron chi connectivity index (χ1n) is 9.26. The van der Waals surface area contributed by atoms with Gasteiger partial charge in [-0.2, -0.15) is 0 Å². The summed E-state index contributed by atoms with van der Waals surface area (Å²) < 4.78 is 0. The Morgan fingerprint density at radius 2 is 1.92 bits per heavy atom. The minimum Gasteiger partial charge on any atom is -0.299 e. The molecule has 5 heteroatoms. The van der Waals surface area contributed by atoms with E-state index < -0.39 is 0 Å². The molecule has 3 rings (SSSR count). The highest BCUT2D eigenvalue weighted by Gasteiger charge is 2.27. The molecule has 2 aromatic rings. The molecule has 1 aliphatic rings. The number of aromatic nitrogens is 1. The van der Waals surface area contributed by atoms with Gasteiger partial charge in [-0.1, -0.05) is 37.8 Å². The number of hydrogen-bond donors (Lipinski definition) is 0. The van der Waals surface area contributed by atoms with Crippen molar-refractivity contribution in [2.45, 2.75) is 55.8 Å². The SMILES string of the molecule is CSc1ccc(C(CC2CCCC2)C(=O)CCC(=O)c2nccs2)cc1. The molecule has 0 N–H and O–H groups in total. The minimum absolute atomic E-state index is 0.0225. The lowest BCUT2D eigenvalue weighted by Crippen LogP contribution is -2.17. The maximum atomic E-state index is 13.0. The second-order valence-corrected chi connectivity index (χ2v) is 8.71. The Hall–Kier alpha value is -1.46. The van der Waals surface area contributed by atoms with Crippen molar-refractivity contribution >= 4 is 34.7 Å². The number of thiazole rings is 1. The summed E-state index contributed by atoms with van der Waals surface area (Å²) >= 11 is 3.05. The van der Waals surface area contributed by atoms with E-state index in [-0.39, 0.29) is 23.9 Å². The molecule has 1 unspecified atom stereocenters. The summed E-state index contributed by atoms with van der Waals surface area (Å²) in [6.45, 7) is 0. The van der Waals surface area contributed by atoms with E-state index in [0.717, 1.165) is 12.0 Å². The summed E-state index contributed by atoms with van der Waals surface area (Å²) in [6.07, 6.45) is 10.2. The number of thioether (sulfide) groups is 1. The summed E-state index contributed by atoms with van der Waals surface area (Å²) in [5.74, 6) is 0.723. The van der Waals surface area contributed by atoms with Crippen molar-refractivity contribution < 1.29 is 9.59 Å². The lowest BCUT2D eigenvalue weighted by Gasteiger charge is -2.20. The molecule has 0 amide bonds. The highest BCUT2D eigenvalue weighted by atomic mass is 32.2. The van der Waals surface area contributed by atoms with Gasteiger partial charge in [-0.25, -0.2) is 4.98 Å². The number of carbonyl (C=O) groups excluding carboxylic acids is 2. The molecule has 138 valence electrons. The lowest BCUT2D eigenvalue weighted by molar-refractivity contribution is -0.120. The van der Waals surface area contributed by atoms with Gasteiger partial charge in [-0.15, -0.1) is 23.1 Å². The van der Waals surface area contributed by atoms with Crippen molar-refractivity contribution in [2.75, 3.05) is 6.26 Å². The van der Waals surface area contributed by atoms with Crippen LogP contribution in [0.2, 0.25) is 0 Å². The van der Waals surface area contributed by atoms with Gasteiger partial charge in [0.15, 0.2) is 10.8 Å². The van der Waals surface area contributed by atoms with Crippen LogP contribution >= 0.6 is 23.1 Å². The fraction of sp³-hybridized carbons (Fsp3) is 0.476. The zero-order chi connectivity index (χ0) is 18.4. The monoisotopic (exact) mass is 387 g/mol. The molecule has 0 saturated heterocycles. The fourth-order valence-electron chi connectivity index (χ4n) is 3.75. The van der Waals surface area contributed by atoms with Crippen LogP contribution in [0.4, 0.5) is 0 Å². The van der Waals surface area contributed by atoms with E-state index in [4.69, 9.17) is 0 Å². The Morgan fingerprint density at radius 3 is 2.54 bits per heavy atom. The molecule has 0 spiro atoms. The zero-order valence-corrected chi connectivity index (χ0v) is 16.8. The van der Waals surface area contributed by atoms with Gasteiger partial charge >= 0.3 is 0 Å². The summed E-state index contributed by atoms with van der Waals surface area (Å²) in [5, 5.41) is 2.31. The average molecular weight is 388 g/mol. The summed E-state index contributed by atoms with van der Waals surface area (Å²) in [5.41, 5.74) is 1.10. The topological polar surface area (TPSA) is 47.0 Å². The number of carbonyl (C=O) groups is 2. The number of Topliss-reactive ketones (excluding diaryl/α,β-unsaturated/α-hetero) is 2. The van der Waals surface area contributed by atoms with Gasteiger partial charge in [0.2, 0.25) is 0 Å². The first-order valence-corrected chi connectivity index (χ1v) is 11.4. The van der Waals surface area contributed by atoms with Crippen LogP contribution in [-0.4, -0.2) is 22.8 Å². The highest BCUT2D eigenvalue weighted by molar-refractivity contribution is 7.98. The van der Waals surface area contributed by atoms with E-state index in [0.29, 0.717) is 17.3 Å². The van der Waals surface area contributed by atoms with Crippen LogP contribution < -0.4 is 0 Å². The van der Waals surface area contributed by atoms with Crippen LogP contribution in [-0.2, 0) is 4.79 Å². The van der Waals surface area contributed by atoms with Gasteiger partial charge < -0.3 is 0 Å². The van der Waals surface area contributed by atoms with E-state index in [1.54, 1.807) is 23.3 Å². The van der Waals surface area contributed by atoms with Crippen molar-refractivity contribution in [3.63, 3.8) is 0 Å². The third-order valence-electron chi connectivity index (χ3n) is 5.22. The molecule has 0 radical (unpaired) electrons. The van der Waals surface area contributed by atoms with E-state index in [9.17, 15) is 9.59 Å².